The minimum atomic E-state index is -4.96. The Morgan fingerprint density at radius 3 is 0.716 bits per heavy atom. The van der Waals surface area contributed by atoms with Gasteiger partial charge in [-0.3, -0.25) is 37.3 Å². The van der Waals surface area contributed by atoms with Crippen LogP contribution in [-0.4, -0.2) is 96.7 Å². The van der Waals surface area contributed by atoms with E-state index in [1.807, 2.05) is 0 Å². The Balaban J connectivity index is 5.14. The van der Waals surface area contributed by atoms with Crippen LogP contribution < -0.4 is 0 Å². The van der Waals surface area contributed by atoms with Crippen molar-refractivity contribution < 1.29 is 80.2 Å². The van der Waals surface area contributed by atoms with Crippen LogP contribution in [0.1, 0.15) is 395 Å². The number of aliphatic hydroxyl groups excluding tert-OH is 1. The molecule has 0 aliphatic heterocycles. The van der Waals surface area contributed by atoms with Gasteiger partial charge in [-0.1, -0.05) is 343 Å². The Morgan fingerprint density at radius 2 is 0.484 bits per heavy atom. The predicted octanol–water partition coefficient (Wildman–Crippen LogP) is 22.3. The lowest BCUT2D eigenvalue weighted by molar-refractivity contribution is -0.161. The van der Waals surface area contributed by atoms with E-state index in [2.05, 4.69) is 41.5 Å². The van der Waals surface area contributed by atoms with Crippen molar-refractivity contribution >= 4 is 39.5 Å². The van der Waals surface area contributed by atoms with Gasteiger partial charge in [0.25, 0.3) is 0 Å². The van der Waals surface area contributed by atoms with Crippen molar-refractivity contribution in [3.8, 4) is 0 Å². The molecule has 2 unspecified atom stereocenters. The molecule has 17 nitrogen and oxygen atoms in total. The maximum absolute atomic E-state index is 13.1. The Kier molecular flexibility index (Phi) is 66.5. The Labute approximate surface area is 581 Å². The molecular weight excluding hydrogens is 1250 g/mol. The monoisotopic (exact) mass is 1400 g/mol. The average Bonchev–Trinajstić information content (AvgIpc) is 2.35. The molecular formula is C76H148O17P2. The maximum atomic E-state index is 13.1. The Morgan fingerprint density at radius 1 is 0.284 bits per heavy atom. The number of phosphoric ester groups is 2. The third-order valence-electron chi connectivity index (χ3n) is 17.7. The summed E-state index contributed by atoms with van der Waals surface area (Å²) in [6, 6.07) is 0. The average molecular weight is 1400 g/mol. The summed E-state index contributed by atoms with van der Waals surface area (Å²) in [4.78, 5) is 72.6. The highest BCUT2D eigenvalue weighted by Crippen LogP contribution is 2.45. The summed E-state index contributed by atoms with van der Waals surface area (Å²) in [6.45, 7) is 9.60. The number of carbonyl (C=O) groups is 4. The molecule has 0 saturated carbocycles. The van der Waals surface area contributed by atoms with Crippen molar-refractivity contribution in [3.63, 3.8) is 0 Å². The molecule has 564 valence electrons. The van der Waals surface area contributed by atoms with Crippen LogP contribution in [0.25, 0.3) is 0 Å². The molecule has 3 N–H and O–H groups in total. The van der Waals surface area contributed by atoms with Crippen LogP contribution in [0.5, 0.6) is 0 Å². The van der Waals surface area contributed by atoms with E-state index < -0.39 is 97.5 Å². The molecule has 0 spiro atoms. The number of unbranched alkanes of at least 4 members (excludes halogenated alkanes) is 45. The summed E-state index contributed by atoms with van der Waals surface area (Å²) in [7, 11) is -9.90. The molecule has 0 aromatic heterocycles. The summed E-state index contributed by atoms with van der Waals surface area (Å²) < 4.78 is 68.3. The molecule has 0 fully saturated rings. The summed E-state index contributed by atoms with van der Waals surface area (Å²) in [5.41, 5.74) is 0. The fourth-order valence-electron chi connectivity index (χ4n) is 11.7. The van der Waals surface area contributed by atoms with Gasteiger partial charge in [-0.05, 0) is 37.5 Å². The van der Waals surface area contributed by atoms with Gasteiger partial charge < -0.3 is 33.8 Å². The van der Waals surface area contributed by atoms with Crippen LogP contribution in [-0.2, 0) is 65.4 Å². The molecule has 0 aliphatic carbocycles. The van der Waals surface area contributed by atoms with Gasteiger partial charge in [0.1, 0.15) is 19.3 Å². The summed E-state index contributed by atoms with van der Waals surface area (Å²) in [5.74, 6) is -0.495. The second kappa shape index (κ2) is 67.9. The van der Waals surface area contributed by atoms with Crippen molar-refractivity contribution in [2.75, 3.05) is 39.6 Å². The fraction of sp³-hybridized carbons (Fsp3) is 0.947. The lowest BCUT2D eigenvalue weighted by Crippen LogP contribution is -2.30. The number of ether oxygens (including phenoxy) is 4. The van der Waals surface area contributed by atoms with Crippen molar-refractivity contribution in [3.05, 3.63) is 0 Å². The van der Waals surface area contributed by atoms with Gasteiger partial charge in [-0.15, -0.1) is 0 Å². The maximum Gasteiger partial charge on any atom is 0.472 e. The minimum Gasteiger partial charge on any atom is -0.462 e. The van der Waals surface area contributed by atoms with Gasteiger partial charge in [0, 0.05) is 25.7 Å². The number of hydrogen-bond donors (Lipinski definition) is 3. The van der Waals surface area contributed by atoms with Crippen LogP contribution in [0.15, 0.2) is 0 Å². The molecule has 0 radical (unpaired) electrons. The van der Waals surface area contributed by atoms with Gasteiger partial charge in [-0.25, -0.2) is 9.13 Å². The second-order valence-corrected chi connectivity index (χ2v) is 31.3. The Hall–Kier alpha value is -1.94. The number of aliphatic hydroxyl groups is 1. The first-order valence-electron chi connectivity index (χ1n) is 39.5. The zero-order valence-corrected chi connectivity index (χ0v) is 63.8. The third kappa shape index (κ3) is 70.3. The van der Waals surface area contributed by atoms with E-state index in [-0.39, 0.29) is 25.7 Å². The zero-order chi connectivity index (χ0) is 70.0. The molecule has 0 amide bonds. The zero-order valence-electron chi connectivity index (χ0n) is 62.0. The van der Waals surface area contributed by atoms with Crippen LogP contribution in [0.2, 0.25) is 0 Å². The van der Waals surface area contributed by atoms with Crippen LogP contribution >= 0.6 is 15.6 Å². The quantitative estimate of drug-likeness (QED) is 0.0222. The summed E-state index contributed by atoms with van der Waals surface area (Å²) in [6.07, 6.45) is 55.8. The molecule has 0 aromatic rings. The minimum absolute atomic E-state index is 0.105. The van der Waals surface area contributed by atoms with E-state index in [4.69, 9.17) is 37.0 Å². The first-order valence-corrected chi connectivity index (χ1v) is 42.5. The smallest absolute Gasteiger partial charge is 0.462 e. The van der Waals surface area contributed by atoms with Gasteiger partial charge in [0.05, 0.1) is 26.4 Å². The normalized spacial score (nSPS) is 14.0. The topological polar surface area (TPSA) is 237 Å². The highest BCUT2D eigenvalue weighted by molar-refractivity contribution is 7.47. The number of rotatable bonds is 75. The molecule has 0 aromatic carbocycles. The third-order valence-corrected chi connectivity index (χ3v) is 19.6. The van der Waals surface area contributed by atoms with Gasteiger partial charge in [0.2, 0.25) is 0 Å². The summed E-state index contributed by atoms with van der Waals surface area (Å²) >= 11 is 0. The molecule has 19 heteroatoms. The van der Waals surface area contributed by atoms with Crippen molar-refractivity contribution in [2.45, 2.75) is 413 Å². The standard InChI is InChI=1S/C76H148O17P2/c1-7-9-11-13-15-40-46-52-58-73(78)86-64-71(92-75(80)60-54-48-41-16-14-12-10-8-2)66-90-94(82,83)88-62-70(77)63-89-95(84,85)91-67-72(65-87-74(79)59-53-47-42-36-32-28-25-21-23-27-31-35-39-45-51-57-69(5)6)93-76(81)61-55-49-43-37-33-29-24-20-18-17-19-22-26-30-34-38-44-50-56-68(3)4/h68-72,77H,7-67H2,1-6H3,(H,82,83)(H,84,85)/t70-,71+,72+/m0/s1. The van der Waals surface area contributed by atoms with Crippen LogP contribution in [0, 0.1) is 11.8 Å². The fourth-order valence-corrected chi connectivity index (χ4v) is 13.2. The molecule has 95 heavy (non-hydrogen) atoms. The van der Waals surface area contributed by atoms with Crippen LogP contribution in [0.3, 0.4) is 0 Å². The predicted molar refractivity (Wildman–Crippen MR) is 386 cm³/mol. The van der Waals surface area contributed by atoms with Crippen molar-refractivity contribution in [1.29, 1.82) is 0 Å². The van der Waals surface area contributed by atoms with Gasteiger partial charge >= 0.3 is 39.5 Å². The largest absolute Gasteiger partial charge is 0.472 e. The first kappa shape index (κ1) is 93.1. The molecule has 0 rings (SSSR count). The second-order valence-electron chi connectivity index (χ2n) is 28.3. The van der Waals surface area contributed by atoms with Gasteiger partial charge in [0.15, 0.2) is 12.2 Å². The molecule has 5 atom stereocenters. The molecule has 0 aliphatic rings. The lowest BCUT2D eigenvalue weighted by atomic mass is 10.0. The highest BCUT2D eigenvalue weighted by Gasteiger charge is 2.30. The van der Waals surface area contributed by atoms with E-state index >= 15 is 0 Å². The SMILES string of the molecule is CCCCCCCCCCC(=O)OC[C@H](COP(=O)(O)OC[C@H](O)COP(=O)(O)OC[C@@H](COC(=O)CCCCCCCCCCCCCCCCCC(C)C)OC(=O)CCCCCCCCCCCCCCCCCCCCC(C)C)OC(=O)CCCCCCCCCC. The molecule has 0 saturated heterocycles. The lowest BCUT2D eigenvalue weighted by Gasteiger charge is -2.21. The van der Waals surface area contributed by atoms with E-state index in [1.165, 1.54) is 199 Å². The summed E-state index contributed by atoms with van der Waals surface area (Å²) in [5, 5.41) is 10.6. The van der Waals surface area contributed by atoms with E-state index in [0.29, 0.717) is 25.7 Å². The highest BCUT2D eigenvalue weighted by atomic mass is 31.2. The number of carbonyl (C=O) groups excluding carboxylic acids is 4. The molecule has 0 heterocycles. The molecule has 0 bridgehead atoms. The van der Waals surface area contributed by atoms with Gasteiger partial charge in [-0.2, -0.15) is 0 Å². The number of esters is 4. The van der Waals surface area contributed by atoms with Crippen molar-refractivity contribution in [2.24, 2.45) is 11.8 Å². The van der Waals surface area contributed by atoms with E-state index in [9.17, 15) is 43.2 Å². The van der Waals surface area contributed by atoms with E-state index in [1.54, 1.807) is 0 Å². The van der Waals surface area contributed by atoms with Crippen LogP contribution in [0.4, 0.5) is 0 Å². The number of phosphoric acid groups is 2. The Bertz CT molecular complexity index is 1840. The number of hydrogen-bond acceptors (Lipinski definition) is 15. The van der Waals surface area contributed by atoms with Crippen molar-refractivity contribution in [1.82, 2.24) is 0 Å². The first-order chi connectivity index (χ1) is 45.9. The van der Waals surface area contributed by atoms with E-state index in [0.717, 1.165) is 115 Å².